The fraction of sp³-hybridized carbons (Fsp3) is 0.368. The number of rotatable bonds is 4. The van der Waals surface area contributed by atoms with Crippen LogP contribution in [0.5, 0.6) is 0 Å². The zero-order valence-electron chi connectivity index (χ0n) is 14.2. The van der Waals surface area contributed by atoms with Crippen molar-refractivity contribution in [3.8, 4) is 0 Å². The van der Waals surface area contributed by atoms with Gasteiger partial charge in [0.25, 0.3) is 5.91 Å². The number of imidazole rings is 1. The van der Waals surface area contributed by atoms with E-state index in [1.807, 2.05) is 60.7 Å². The minimum atomic E-state index is -0.0684. The van der Waals surface area contributed by atoms with Crippen LogP contribution in [0, 0.1) is 6.92 Å². The van der Waals surface area contributed by atoms with Crippen molar-refractivity contribution in [2.75, 3.05) is 0 Å². The topological polar surface area (TPSA) is 51.3 Å². The number of amides is 1. The van der Waals surface area contributed by atoms with Gasteiger partial charge in [-0.05, 0) is 57.0 Å². The number of benzene rings is 1. The number of carbonyl (C=O) groups is 1. The molecule has 1 amide bonds. The lowest BCUT2D eigenvalue weighted by atomic mass is 10.1. The van der Waals surface area contributed by atoms with Crippen LogP contribution in [0.2, 0.25) is 0 Å². The first-order valence-electron chi connectivity index (χ1n) is 8.35. The second-order valence-electron chi connectivity index (χ2n) is 6.56. The van der Waals surface area contributed by atoms with E-state index in [1.54, 1.807) is 6.26 Å². The lowest BCUT2D eigenvalue weighted by molar-refractivity contribution is 0.0653. The largest absolute Gasteiger partial charge is 0.467 e. The van der Waals surface area contributed by atoms with Crippen LogP contribution in [0.3, 0.4) is 0 Å². The highest BCUT2D eigenvalue weighted by Gasteiger charge is 2.37. The molecule has 1 saturated carbocycles. The third-order valence-electron chi connectivity index (χ3n) is 4.90. The van der Waals surface area contributed by atoms with Gasteiger partial charge in [-0.3, -0.25) is 4.79 Å². The van der Waals surface area contributed by atoms with Crippen LogP contribution >= 0.6 is 0 Å². The molecule has 1 atom stereocenters. The maximum absolute atomic E-state index is 13.1. The Morgan fingerprint density at radius 2 is 2.17 bits per heavy atom. The Balaban J connectivity index is 1.70. The molecule has 1 fully saturated rings. The molecule has 0 unspecified atom stereocenters. The van der Waals surface area contributed by atoms with E-state index in [-0.39, 0.29) is 11.9 Å². The van der Waals surface area contributed by atoms with Gasteiger partial charge in [-0.1, -0.05) is 0 Å². The number of aryl methyl sites for hydroxylation is 2. The maximum Gasteiger partial charge on any atom is 0.254 e. The molecule has 0 bridgehead atoms. The summed E-state index contributed by atoms with van der Waals surface area (Å²) in [7, 11) is 1.99. The molecular weight excluding hydrogens is 302 g/mol. The number of hydrogen-bond donors (Lipinski definition) is 0. The van der Waals surface area contributed by atoms with E-state index in [0.717, 1.165) is 35.5 Å². The van der Waals surface area contributed by atoms with Gasteiger partial charge in [0.1, 0.15) is 11.6 Å². The molecule has 0 aliphatic heterocycles. The highest BCUT2D eigenvalue weighted by atomic mass is 16.3. The van der Waals surface area contributed by atoms with Crippen LogP contribution in [0.4, 0.5) is 0 Å². The smallest absolute Gasteiger partial charge is 0.254 e. The van der Waals surface area contributed by atoms with E-state index in [2.05, 4.69) is 4.98 Å². The van der Waals surface area contributed by atoms with Crippen molar-refractivity contribution in [3.05, 3.63) is 53.7 Å². The molecule has 2 aromatic heterocycles. The maximum atomic E-state index is 13.1. The lowest BCUT2D eigenvalue weighted by Crippen LogP contribution is -2.35. The molecule has 1 aromatic carbocycles. The Morgan fingerprint density at radius 1 is 1.38 bits per heavy atom. The zero-order valence-corrected chi connectivity index (χ0v) is 14.2. The first kappa shape index (κ1) is 15.0. The summed E-state index contributed by atoms with van der Waals surface area (Å²) in [6.07, 6.45) is 3.77. The minimum absolute atomic E-state index is 0.0478. The highest BCUT2D eigenvalue weighted by Crippen LogP contribution is 2.36. The van der Waals surface area contributed by atoms with E-state index in [1.165, 1.54) is 0 Å². The van der Waals surface area contributed by atoms with Crippen LogP contribution in [0.1, 0.15) is 47.7 Å². The Morgan fingerprint density at radius 3 is 2.83 bits per heavy atom. The van der Waals surface area contributed by atoms with Crippen molar-refractivity contribution in [1.82, 2.24) is 14.5 Å². The van der Waals surface area contributed by atoms with Crippen LogP contribution < -0.4 is 0 Å². The van der Waals surface area contributed by atoms with Crippen LogP contribution in [-0.2, 0) is 7.05 Å². The van der Waals surface area contributed by atoms with Crippen LogP contribution in [0.25, 0.3) is 11.0 Å². The molecule has 24 heavy (non-hydrogen) atoms. The Kier molecular flexibility index (Phi) is 3.44. The fourth-order valence-corrected chi connectivity index (χ4v) is 3.28. The molecule has 0 saturated heterocycles. The van der Waals surface area contributed by atoms with Crippen molar-refractivity contribution < 1.29 is 9.21 Å². The Bertz CT molecular complexity index is 891. The second kappa shape index (κ2) is 5.51. The van der Waals surface area contributed by atoms with Gasteiger partial charge in [-0.2, -0.15) is 0 Å². The molecule has 124 valence electrons. The molecule has 2 heterocycles. The number of nitrogens with zero attached hydrogens (tertiary/aromatic N) is 3. The van der Waals surface area contributed by atoms with Gasteiger partial charge < -0.3 is 13.9 Å². The Labute approximate surface area is 140 Å². The molecule has 0 radical (unpaired) electrons. The van der Waals surface area contributed by atoms with Crippen molar-refractivity contribution in [3.63, 3.8) is 0 Å². The number of aromatic nitrogens is 2. The van der Waals surface area contributed by atoms with Crippen molar-refractivity contribution in [2.45, 2.75) is 38.8 Å². The monoisotopic (exact) mass is 323 g/mol. The summed E-state index contributed by atoms with van der Waals surface area (Å²) in [5, 5.41) is 0. The average Bonchev–Trinajstić information content (AvgIpc) is 3.16. The fourth-order valence-electron chi connectivity index (χ4n) is 3.28. The van der Waals surface area contributed by atoms with Crippen molar-refractivity contribution >= 4 is 16.9 Å². The SMILES string of the molecule is Cc1nc2cc(C(=O)N(C3CC3)[C@H](C)c3ccco3)ccc2n1C. The van der Waals surface area contributed by atoms with E-state index in [0.29, 0.717) is 11.6 Å². The number of fused-ring (bicyclic) bond motifs is 1. The molecule has 4 rings (SSSR count). The summed E-state index contributed by atoms with van der Waals surface area (Å²) in [5.74, 6) is 1.81. The molecule has 3 aromatic rings. The standard InChI is InChI=1S/C19H21N3O2/c1-12(18-5-4-10-24-18)22(15-7-8-15)19(23)14-6-9-17-16(11-14)20-13(2)21(17)3/h4-6,9-12,15H,7-8H2,1-3H3/t12-/m1/s1. The second-order valence-corrected chi connectivity index (χ2v) is 6.56. The van der Waals surface area contributed by atoms with Gasteiger partial charge in [-0.15, -0.1) is 0 Å². The summed E-state index contributed by atoms with van der Waals surface area (Å²) < 4.78 is 7.56. The highest BCUT2D eigenvalue weighted by molar-refractivity contribution is 5.98. The molecular formula is C19H21N3O2. The van der Waals surface area contributed by atoms with Crippen LogP contribution in [-0.4, -0.2) is 26.4 Å². The summed E-state index contributed by atoms with van der Waals surface area (Å²) in [6.45, 7) is 4.00. The molecule has 1 aliphatic carbocycles. The third kappa shape index (κ3) is 2.40. The summed E-state index contributed by atoms with van der Waals surface area (Å²) in [6, 6.07) is 9.80. The molecule has 1 aliphatic rings. The Hall–Kier alpha value is -2.56. The van der Waals surface area contributed by atoms with Gasteiger partial charge in [0.05, 0.1) is 23.3 Å². The summed E-state index contributed by atoms with van der Waals surface area (Å²) in [5.41, 5.74) is 2.59. The predicted octanol–water partition coefficient (Wildman–Crippen LogP) is 3.84. The average molecular weight is 323 g/mol. The van der Waals surface area contributed by atoms with Gasteiger partial charge in [0.15, 0.2) is 0 Å². The van der Waals surface area contributed by atoms with Gasteiger partial charge in [0, 0.05) is 18.7 Å². The zero-order chi connectivity index (χ0) is 16.8. The van der Waals surface area contributed by atoms with E-state index in [4.69, 9.17) is 4.42 Å². The number of furan rings is 1. The van der Waals surface area contributed by atoms with Crippen LogP contribution in [0.15, 0.2) is 41.0 Å². The van der Waals surface area contributed by atoms with E-state index >= 15 is 0 Å². The first-order valence-corrected chi connectivity index (χ1v) is 8.35. The quantitative estimate of drug-likeness (QED) is 0.733. The van der Waals surface area contributed by atoms with Gasteiger partial charge in [0.2, 0.25) is 0 Å². The summed E-state index contributed by atoms with van der Waals surface area (Å²) >= 11 is 0. The molecule has 0 N–H and O–H groups in total. The summed E-state index contributed by atoms with van der Waals surface area (Å²) in [4.78, 5) is 19.6. The minimum Gasteiger partial charge on any atom is -0.467 e. The van der Waals surface area contributed by atoms with Gasteiger partial charge in [-0.25, -0.2) is 4.98 Å². The van der Waals surface area contributed by atoms with E-state index in [9.17, 15) is 4.79 Å². The van der Waals surface area contributed by atoms with Crippen molar-refractivity contribution in [1.29, 1.82) is 0 Å². The molecule has 5 nitrogen and oxygen atoms in total. The van der Waals surface area contributed by atoms with Crippen molar-refractivity contribution in [2.24, 2.45) is 7.05 Å². The number of hydrogen-bond acceptors (Lipinski definition) is 3. The molecule has 5 heteroatoms. The number of carbonyl (C=O) groups excluding carboxylic acids is 1. The predicted molar refractivity (Wildman–Crippen MR) is 91.8 cm³/mol. The normalized spacial score (nSPS) is 15.6. The van der Waals surface area contributed by atoms with Gasteiger partial charge >= 0.3 is 0 Å². The lowest BCUT2D eigenvalue weighted by Gasteiger charge is -2.28. The molecule has 0 spiro atoms. The first-order chi connectivity index (χ1) is 11.6. The van der Waals surface area contributed by atoms with E-state index < -0.39 is 0 Å². The third-order valence-corrected chi connectivity index (χ3v) is 4.90.